The van der Waals surface area contributed by atoms with Crippen LogP contribution in [0.1, 0.15) is 58.5 Å². The second-order valence-corrected chi connectivity index (χ2v) is 8.22. The van der Waals surface area contributed by atoms with E-state index in [0.717, 1.165) is 6.42 Å². The van der Waals surface area contributed by atoms with Crippen molar-refractivity contribution in [3.63, 3.8) is 0 Å². The quantitative estimate of drug-likeness (QED) is 0.425. The van der Waals surface area contributed by atoms with E-state index in [4.69, 9.17) is 15.0 Å². The normalized spacial score (nSPS) is 20.0. The number of carbonyl (C=O) groups is 1. The summed E-state index contributed by atoms with van der Waals surface area (Å²) in [5.41, 5.74) is 5.43. The van der Waals surface area contributed by atoms with Crippen molar-refractivity contribution in [2.75, 3.05) is 6.54 Å². The Hall–Kier alpha value is -2.00. The second kappa shape index (κ2) is 8.35. The van der Waals surface area contributed by atoms with Crippen molar-refractivity contribution in [1.29, 1.82) is 0 Å². The Morgan fingerprint density at radius 2 is 1.89 bits per heavy atom. The van der Waals surface area contributed by atoms with E-state index in [9.17, 15) is 4.79 Å². The van der Waals surface area contributed by atoms with Gasteiger partial charge in [-0.05, 0) is 40.0 Å². The molecule has 0 bridgehead atoms. The van der Waals surface area contributed by atoms with Crippen LogP contribution in [-0.4, -0.2) is 52.5 Å². The number of hydrogen-bond donors (Lipinski definition) is 2. The SMILES string of the molecule is CC(C)C[C@H](N=C(N)CNC(=O)c1cnccn1)B1OC(C)(C)C(C)(C)O1. The van der Waals surface area contributed by atoms with E-state index in [1.54, 1.807) is 0 Å². The van der Waals surface area contributed by atoms with E-state index in [-0.39, 0.29) is 24.1 Å². The van der Waals surface area contributed by atoms with E-state index in [2.05, 4.69) is 34.1 Å². The van der Waals surface area contributed by atoms with E-state index >= 15 is 0 Å². The van der Waals surface area contributed by atoms with Crippen LogP contribution < -0.4 is 11.1 Å². The van der Waals surface area contributed by atoms with Gasteiger partial charge in [0.15, 0.2) is 0 Å². The average Bonchev–Trinajstić information content (AvgIpc) is 2.80. The highest BCUT2D eigenvalue weighted by Crippen LogP contribution is 2.38. The third-order valence-electron chi connectivity index (χ3n) is 4.86. The maximum atomic E-state index is 12.1. The summed E-state index contributed by atoms with van der Waals surface area (Å²) in [4.78, 5) is 24.5. The average molecular weight is 375 g/mol. The first-order valence-electron chi connectivity index (χ1n) is 9.24. The Kier molecular flexibility index (Phi) is 6.59. The van der Waals surface area contributed by atoms with Crippen molar-refractivity contribution in [3.05, 3.63) is 24.3 Å². The smallest absolute Gasteiger partial charge is 0.402 e. The molecule has 27 heavy (non-hydrogen) atoms. The zero-order chi connectivity index (χ0) is 20.2. The number of hydrogen-bond acceptors (Lipinski definition) is 6. The van der Waals surface area contributed by atoms with Crippen LogP contribution in [0.4, 0.5) is 0 Å². The minimum absolute atomic E-state index is 0.115. The molecule has 0 aliphatic carbocycles. The molecular formula is C18H30BN5O3. The molecule has 0 unspecified atom stereocenters. The van der Waals surface area contributed by atoms with E-state index in [0.29, 0.717) is 11.8 Å². The number of rotatable bonds is 7. The number of nitrogens with one attached hydrogen (secondary N) is 1. The van der Waals surface area contributed by atoms with Crippen molar-refractivity contribution in [2.45, 2.75) is 65.1 Å². The van der Waals surface area contributed by atoms with Gasteiger partial charge in [0.05, 0.1) is 29.9 Å². The number of nitrogens with two attached hydrogens (primary N) is 1. The molecule has 0 radical (unpaired) electrons. The summed E-state index contributed by atoms with van der Waals surface area (Å²) in [6, 6.07) is 0. The Morgan fingerprint density at radius 1 is 1.26 bits per heavy atom. The molecule has 1 atom stereocenters. The number of aromatic nitrogens is 2. The van der Waals surface area contributed by atoms with Crippen LogP contribution in [-0.2, 0) is 9.31 Å². The molecule has 1 aliphatic rings. The van der Waals surface area contributed by atoms with Crippen LogP contribution in [0, 0.1) is 5.92 Å². The molecule has 1 fully saturated rings. The van der Waals surface area contributed by atoms with Crippen LogP contribution in [0.15, 0.2) is 23.6 Å². The fourth-order valence-electron chi connectivity index (χ4n) is 2.69. The van der Waals surface area contributed by atoms with Crippen LogP contribution in [0.2, 0.25) is 0 Å². The van der Waals surface area contributed by atoms with Crippen LogP contribution in [0.25, 0.3) is 0 Å². The van der Waals surface area contributed by atoms with E-state index in [1.807, 2.05) is 27.7 Å². The topological polar surface area (TPSA) is 112 Å². The molecule has 2 rings (SSSR count). The lowest BCUT2D eigenvalue weighted by Gasteiger charge is -2.32. The number of nitrogens with zero attached hydrogens (tertiary/aromatic N) is 3. The second-order valence-electron chi connectivity index (χ2n) is 8.22. The first-order valence-corrected chi connectivity index (χ1v) is 9.24. The lowest BCUT2D eigenvalue weighted by molar-refractivity contribution is 0.00578. The molecule has 1 aliphatic heterocycles. The van der Waals surface area contributed by atoms with Gasteiger partial charge in [-0.25, -0.2) is 4.98 Å². The van der Waals surface area contributed by atoms with Gasteiger partial charge in [-0.2, -0.15) is 0 Å². The molecule has 1 aromatic rings. The molecular weight excluding hydrogens is 345 g/mol. The highest BCUT2D eigenvalue weighted by Gasteiger charge is 2.53. The van der Waals surface area contributed by atoms with Crippen molar-refractivity contribution in [3.8, 4) is 0 Å². The van der Waals surface area contributed by atoms with E-state index < -0.39 is 18.3 Å². The predicted molar refractivity (Wildman–Crippen MR) is 105 cm³/mol. The Balaban J connectivity index is 2.05. The summed E-state index contributed by atoms with van der Waals surface area (Å²) < 4.78 is 12.3. The molecule has 3 N–H and O–H groups in total. The van der Waals surface area contributed by atoms with Crippen LogP contribution >= 0.6 is 0 Å². The Bertz CT molecular complexity index is 663. The van der Waals surface area contributed by atoms with E-state index in [1.165, 1.54) is 18.6 Å². The Morgan fingerprint density at radius 3 is 2.41 bits per heavy atom. The minimum Gasteiger partial charge on any atom is -0.402 e. The Labute approximate surface area is 161 Å². The molecule has 8 nitrogen and oxygen atoms in total. The van der Waals surface area contributed by atoms with Gasteiger partial charge in [-0.15, -0.1) is 0 Å². The van der Waals surface area contributed by atoms with Gasteiger partial charge < -0.3 is 20.4 Å². The molecule has 0 aromatic carbocycles. The first kappa shape index (κ1) is 21.3. The lowest BCUT2D eigenvalue weighted by atomic mass is 9.74. The van der Waals surface area contributed by atoms with Crippen molar-refractivity contribution in [2.24, 2.45) is 16.6 Å². The highest BCUT2D eigenvalue weighted by molar-refractivity contribution is 6.47. The maximum Gasteiger partial charge on any atom is 0.484 e. The third kappa shape index (κ3) is 5.49. The molecule has 1 amide bonds. The molecule has 2 heterocycles. The molecule has 1 aromatic heterocycles. The number of carbonyl (C=O) groups excluding carboxylic acids is 1. The van der Waals surface area contributed by atoms with Crippen molar-refractivity contribution < 1.29 is 14.1 Å². The summed E-state index contributed by atoms with van der Waals surface area (Å²) in [5, 5.41) is 2.70. The minimum atomic E-state index is -0.480. The van der Waals surface area contributed by atoms with Crippen LogP contribution in [0.3, 0.4) is 0 Å². The first-order chi connectivity index (χ1) is 12.5. The van der Waals surface area contributed by atoms with Crippen molar-refractivity contribution in [1.82, 2.24) is 15.3 Å². The summed E-state index contributed by atoms with van der Waals surface area (Å²) >= 11 is 0. The monoisotopic (exact) mass is 375 g/mol. The fourth-order valence-corrected chi connectivity index (χ4v) is 2.69. The standard InChI is InChI=1S/C18H30BN5O3/c1-12(2)9-14(19-26-17(3,4)18(5,6)27-19)24-15(20)11-23-16(25)13-10-21-7-8-22-13/h7-8,10,12,14H,9,11H2,1-6H3,(H2,20,24)(H,23,25)/t14-/m0/s1. The highest BCUT2D eigenvalue weighted by atomic mass is 16.7. The van der Waals surface area contributed by atoms with Gasteiger partial charge in [-0.1, -0.05) is 13.8 Å². The third-order valence-corrected chi connectivity index (χ3v) is 4.86. The van der Waals surface area contributed by atoms with Gasteiger partial charge in [0.2, 0.25) is 0 Å². The number of aliphatic imine (C=N–C) groups is 1. The zero-order valence-electron chi connectivity index (χ0n) is 17.0. The van der Waals surface area contributed by atoms with Gasteiger partial charge in [-0.3, -0.25) is 14.8 Å². The summed E-state index contributed by atoms with van der Waals surface area (Å²) in [7, 11) is -0.480. The van der Waals surface area contributed by atoms with Gasteiger partial charge >= 0.3 is 7.12 Å². The number of amides is 1. The zero-order valence-corrected chi connectivity index (χ0v) is 17.0. The summed E-state index contributed by atoms with van der Waals surface area (Å²) in [5.74, 6) is 0.101. The predicted octanol–water partition coefficient (Wildman–Crippen LogP) is 1.61. The van der Waals surface area contributed by atoms with Gasteiger partial charge in [0, 0.05) is 12.4 Å². The summed E-state index contributed by atoms with van der Waals surface area (Å²) in [6.45, 7) is 12.4. The largest absolute Gasteiger partial charge is 0.484 e. The molecule has 148 valence electrons. The molecule has 1 saturated heterocycles. The summed E-state index contributed by atoms with van der Waals surface area (Å²) in [6.07, 6.45) is 5.13. The van der Waals surface area contributed by atoms with Crippen LogP contribution in [0.5, 0.6) is 0 Å². The molecule has 0 spiro atoms. The maximum absolute atomic E-state index is 12.1. The fraction of sp³-hybridized carbons (Fsp3) is 0.667. The van der Waals surface area contributed by atoms with Crippen molar-refractivity contribution >= 4 is 18.9 Å². The molecule has 9 heteroatoms. The lowest BCUT2D eigenvalue weighted by Crippen LogP contribution is -2.41. The van der Waals surface area contributed by atoms with Gasteiger partial charge in [0.1, 0.15) is 11.5 Å². The van der Waals surface area contributed by atoms with Gasteiger partial charge in [0.25, 0.3) is 5.91 Å². The number of amidine groups is 1. The molecule has 0 saturated carbocycles.